The van der Waals surface area contributed by atoms with E-state index >= 15 is 0 Å². The highest BCUT2D eigenvalue weighted by Crippen LogP contribution is 2.26. The molecule has 2 amide bonds. The number of piperazine rings is 1. The Morgan fingerprint density at radius 3 is 2.60 bits per heavy atom. The number of hydrogen-bond acceptors (Lipinski definition) is 4. The molecule has 1 unspecified atom stereocenters. The van der Waals surface area contributed by atoms with E-state index < -0.39 is 0 Å². The molecule has 2 aliphatic rings. The number of carbonyl (C=O) groups excluding carboxylic acids is 2. The van der Waals surface area contributed by atoms with Gasteiger partial charge in [0.1, 0.15) is 0 Å². The molecule has 3 rings (SSSR count). The molecule has 5 heteroatoms. The number of anilines is 1. The highest BCUT2D eigenvalue weighted by atomic mass is 16.2. The maximum Gasteiger partial charge on any atom is 0.248 e. The van der Waals surface area contributed by atoms with Crippen LogP contribution in [0.1, 0.15) is 17.9 Å². The van der Waals surface area contributed by atoms with Crippen molar-refractivity contribution < 1.29 is 9.59 Å². The number of carbonyl (C=O) groups is 2. The third-order valence-electron chi connectivity index (χ3n) is 4.17. The van der Waals surface area contributed by atoms with Gasteiger partial charge in [-0.1, -0.05) is 12.1 Å². The fourth-order valence-electron chi connectivity index (χ4n) is 2.83. The first-order valence-corrected chi connectivity index (χ1v) is 7.00. The van der Waals surface area contributed by atoms with Crippen LogP contribution in [0.3, 0.4) is 0 Å². The van der Waals surface area contributed by atoms with Gasteiger partial charge in [0.15, 0.2) is 0 Å². The van der Waals surface area contributed by atoms with Gasteiger partial charge in [-0.25, -0.2) is 0 Å². The molecule has 0 bridgehead atoms. The lowest BCUT2D eigenvalue weighted by molar-refractivity contribution is -0.143. The quantitative estimate of drug-likeness (QED) is 0.800. The first-order valence-electron chi connectivity index (χ1n) is 7.00. The minimum absolute atomic E-state index is 0.144. The lowest BCUT2D eigenvalue weighted by Gasteiger charge is -2.32. The van der Waals surface area contributed by atoms with Crippen molar-refractivity contribution in [3.63, 3.8) is 0 Å². The van der Waals surface area contributed by atoms with Crippen LogP contribution in [0.4, 0.5) is 5.69 Å². The molecule has 2 fully saturated rings. The summed E-state index contributed by atoms with van der Waals surface area (Å²) in [4.78, 5) is 26.6. The van der Waals surface area contributed by atoms with Crippen LogP contribution in [0, 0.1) is 0 Å². The number of hydrogen-bond donors (Lipinski definition) is 1. The fourth-order valence-corrected chi connectivity index (χ4v) is 2.83. The molecule has 20 heavy (non-hydrogen) atoms. The van der Waals surface area contributed by atoms with E-state index in [9.17, 15) is 9.59 Å². The Bertz CT molecular complexity index is 520. The summed E-state index contributed by atoms with van der Waals surface area (Å²) in [6, 6.07) is 8.22. The van der Waals surface area contributed by atoms with Gasteiger partial charge < -0.3 is 10.2 Å². The molecule has 0 radical (unpaired) electrons. The van der Waals surface area contributed by atoms with Gasteiger partial charge in [-0.3, -0.25) is 14.5 Å². The van der Waals surface area contributed by atoms with E-state index in [-0.39, 0.29) is 24.9 Å². The highest BCUT2D eigenvalue weighted by Gasteiger charge is 2.28. The zero-order chi connectivity index (χ0) is 14.1. The van der Waals surface area contributed by atoms with E-state index in [0.29, 0.717) is 5.92 Å². The SMILES string of the molecule is CN1C(=O)CN(c2cccc(C3CCNC3)c2)CC1=O. The van der Waals surface area contributed by atoms with E-state index in [2.05, 4.69) is 17.4 Å². The Labute approximate surface area is 118 Å². The standard InChI is InChI=1S/C15H19N3O2/c1-17-14(19)9-18(10-15(17)20)13-4-2-3-11(7-13)12-5-6-16-8-12/h2-4,7,12,16H,5-6,8-10H2,1H3. The molecular weight excluding hydrogens is 254 g/mol. The summed E-state index contributed by atoms with van der Waals surface area (Å²) in [6.45, 7) is 2.60. The Kier molecular flexibility index (Phi) is 3.44. The van der Waals surface area contributed by atoms with E-state index in [1.807, 2.05) is 17.0 Å². The summed E-state index contributed by atoms with van der Waals surface area (Å²) in [6.07, 6.45) is 1.14. The number of nitrogens with one attached hydrogen (secondary N) is 1. The van der Waals surface area contributed by atoms with E-state index in [4.69, 9.17) is 0 Å². The van der Waals surface area contributed by atoms with Crippen molar-refractivity contribution in [3.05, 3.63) is 29.8 Å². The summed E-state index contributed by atoms with van der Waals surface area (Å²) >= 11 is 0. The van der Waals surface area contributed by atoms with E-state index in [1.54, 1.807) is 7.05 Å². The minimum Gasteiger partial charge on any atom is -0.353 e. The molecule has 2 saturated heterocycles. The van der Waals surface area contributed by atoms with Crippen molar-refractivity contribution in [2.75, 3.05) is 38.1 Å². The Morgan fingerprint density at radius 1 is 1.20 bits per heavy atom. The second-order valence-corrected chi connectivity index (χ2v) is 5.49. The molecule has 106 valence electrons. The molecule has 0 saturated carbocycles. The first-order chi connectivity index (χ1) is 9.65. The Hall–Kier alpha value is -1.88. The smallest absolute Gasteiger partial charge is 0.248 e. The zero-order valence-electron chi connectivity index (χ0n) is 11.6. The lowest BCUT2D eigenvalue weighted by Crippen LogP contribution is -2.52. The lowest BCUT2D eigenvalue weighted by atomic mass is 9.98. The maximum atomic E-state index is 11.8. The van der Waals surface area contributed by atoms with Gasteiger partial charge in [-0.15, -0.1) is 0 Å². The number of imide groups is 1. The molecule has 2 aliphatic heterocycles. The molecule has 1 aromatic carbocycles. The van der Waals surface area contributed by atoms with Gasteiger partial charge in [0.25, 0.3) is 0 Å². The van der Waals surface area contributed by atoms with E-state index in [1.165, 1.54) is 10.5 Å². The fraction of sp³-hybridized carbons (Fsp3) is 0.467. The van der Waals surface area contributed by atoms with Crippen molar-refractivity contribution in [2.24, 2.45) is 0 Å². The average Bonchev–Trinajstić information content (AvgIpc) is 2.98. The maximum absolute atomic E-state index is 11.8. The van der Waals surface area contributed by atoms with Gasteiger partial charge in [0.2, 0.25) is 11.8 Å². The summed E-state index contributed by atoms with van der Waals surface area (Å²) in [5.41, 5.74) is 2.25. The summed E-state index contributed by atoms with van der Waals surface area (Å²) in [5.74, 6) is 0.247. The monoisotopic (exact) mass is 273 g/mol. The van der Waals surface area contributed by atoms with Crippen molar-refractivity contribution >= 4 is 17.5 Å². The van der Waals surface area contributed by atoms with Crippen LogP contribution in [-0.4, -0.2) is 49.9 Å². The van der Waals surface area contributed by atoms with Crippen molar-refractivity contribution in [1.82, 2.24) is 10.2 Å². The van der Waals surface area contributed by atoms with Gasteiger partial charge in [0.05, 0.1) is 13.1 Å². The third kappa shape index (κ3) is 2.41. The predicted molar refractivity (Wildman–Crippen MR) is 76.7 cm³/mol. The van der Waals surface area contributed by atoms with Crippen LogP contribution in [0.5, 0.6) is 0 Å². The molecule has 1 aromatic rings. The number of nitrogens with zero attached hydrogens (tertiary/aromatic N) is 2. The van der Waals surface area contributed by atoms with Crippen LogP contribution < -0.4 is 10.2 Å². The van der Waals surface area contributed by atoms with Crippen molar-refractivity contribution in [3.8, 4) is 0 Å². The highest BCUT2D eigenvalue weighted by molar-refractivity contribution is 6.02. The number of amides is 2. The van der Waals surface area contributed by atoms with Crippen LogP contribution in [0.25, 0.3) is 0 Å². The van der Waals surface area contributed by atoms with Crippen LogP contribution >= 0.6 is 0 Å². The number of likely N-dealkylation sites (N-methyl/N-ethyl adjacent to an activating group) is 1. The van der Waals surface area contributed by atoms with Crippen LogP contribution in [-0.2, 0) is 9.59 Å². The summed E-state index contributed by atoms with van der Waals surface area (Å²) in [5, 5.41) is 3.36. The second-order valence-electron chi connectivity index (χ2n) is 5.49. The third-order valence-corrected chi connectivity index (χ3v) is 4.17. The summed E-state index contributed by atoms with van der Waals surface area (Å²) in [7, 11) is 1.54. The van der Waals surface area contributed by atoms with Gasteiger partial charge >= 0.3 is 0 Å². The second kappa shape index (κ2) is 5.25. The van der Waals surface area contributed by atoms with Gasteiger partial charge in [0, 0.05) is 19.3 Å². The molecule has 0 aliphatic carbocycles. The molecule has 1 N–H and O–H groups in total. The van der Waals surface area contributed by atoms with Crippen molar-refractivity contribution in [2.45, 2.75) is 12.3 Å². The van der Waals surface area contributed by atoms with E-state index in [0.717, 1.165) is 25.2 Å². The summed E-state index contributed by atoms with van der Waals surface area (Å²) < 4.78 is 0. The molecule has 0 aromatic heterocycles. The van der Waals surface area contributed by atoms with Crippen LogP contribution in [0.2, 0.25) is 0 Å². The van der Waals surface area contributed by atoms with Gasteiger partial charge in [-0.2, -0.15) is 0 Å². The molecule has 0 spiro atoms. The molecule has 5 nitrogen and oxygen atoms in total. The zero-order valence-corrected chi connectivity index (χ0v) is 11.6. The topological polar surface area (TPSA) is 52.7 Å². The Balaban J connectivity index is 1.81. The Morgan fingerprint density at radius 2 is 1.95 bits per heavy atom. The number of benzene rings is 1. The number of rotatable bonds is 2. The molecule has 1 atom stereocenters. The predicted octanol–water partition coefficient (Wildman–Crippen LogP) is 0.568. The minimum atomic E-state index is -0.144. The van der Waals surface area contributed by atoms with Gasteiger partial charge in [-0.05, 0) is 36.6 Å². The largest absolute Gasteiger partial charge is 0.353 e. The van der Waals surface area contributed by atoms with Crippen LogP contribution in [0.15, 0.2) is 24.3 Å². The first kappa shape index (κ1) is 13.1. The average molecular weight is 273 g/mol. The molecular formula is C15H19N3O2. The van der Waals surface area contributed by atoms with Crippen molar-refractivity contribution in [1.29, 1.82) is 0 Å². The molecule has 2 heterocycles. The normalized spacial score (nSPS) is 23.6.